The average molecular weight is 794 g/mol. The van der Waals surface area contributed by atoms with Gasteiger partial charge in [0.1, 0.15) is 11.2 Å². The van der Waals surface area contributed by atoms with E-state index in [-0.39, 0.29) is 5.41 Å². The van der Waals surface area contributed by atoms with E-state index in [1.54, 1.807) is 0 Å². The zero-order chi connectivity index (χ0) is 41.4. The fraction of sp³-hybridized carbons (Fsp3) is 0.0517. The average Bonchev–Trinajstić information content (AvgIpc) is 3.82. The summed E-state index contributed by atoms with van der Waals surface area (Å²) in [5.74, 6) is 1.90. The van der Waals surface area contributed by atoms with Crippen molar-refractivity contribution < 1.29 is 4.42 Å². The lowest BCUT2D eigenvalue weighted by atomic mass is 9.82. The molecule has 0 radical (unpaired) electrons. The molecule has 2 aromatic heterocycles. The third-order valence-electron chi connectivity index (χ3n) is 12.7. The molecule has 4 nitrogen and oxygen atoms in total. The van der Waals surface area contributed by atoms with E-state index >= 15 is 0 Å². The Bertz CT molecular complexity index is 3560. The molecule has 1 aliphatic carbocycles. The standard InChI is InChI=1S/C58H39N3O/c1-58(2)50-23-9-8-21-47(50)49-34-45(28-30-51(49)58)57-60-55(59-56(61-57)44-26-25-37-15-6-7-16-38(37)32-44)43-20-11-18-40(33-43)41-27-29-48-53(35-41)62-52-24-12-22-46(54(48)52)42-19-10-17-39(31-42)36-13-4-3-5-14-36/h3-35H,1-2H3. The molecule has 11 aromatic rings. The van der Waals surface area contributed by atoms with Crippen molar-refractivity contribution in [3.05, 3.63) is 211 Å². The van der Waals surface area contributed by atoms with E-state index < -0.39 is 0 Å². The van der Waals surface area contributed by atoms with Crippen molar-refractivity contribution >= 4 is 32.7 Å². The Labute approximate surface area is 359 Å². The van der Waals surface area contributed by atoms with Gasteiger partial charge in [-0.1, -0.05) is 172 Å². The molecule has 62 heavy (non-hydrogen) atoms. The SMILES string of the molecule is CC1(C)c2ccccc2-c2cc(-c3nc(-c4cccc(-c5ccc6c(c5)oc5cccc(-c7cccc(-c8ccccc8)c7)c56)c4)nc(-c4ccc5ccccc5c4)n3)ccc21. The van der Waals surface area contributed by atoms with Crippen molar-refractivity contribution in [2.75, 3.05) is 0 Å². The molecule has 2 heterocycles. The minimum atomic E-state index is -0.0897. The van der Waals surface area contributed by atoms with Gasteiger partial charge in [0.05, 0.1) is 0 Å². The van der Waals surface area contributed by atoms with Gasteiger partial charge in [-0.25, -0.2) is 15.0 Å². The molecule has 12 rings (SSSR count). The Morgan fingerprint density at radius 3 is 1.71 bits per heavy atom. The normalized spacial score (nSPS) is 12.8. The van der Waals surface area contributed by atoms with Gasteiger partial charge in [0, 0.05) is 32.9 Å². The van der Waals surface area contributed by atoms with Crippen LogP contribution in [0.4, 0.5) is 0 Å². The molecule has 0 fully saturated rings. The third-order valence-corrected chi connectivity index (χ3v) is 12.7. The van der Waals surface area contributed by atoms with Gasteiger partial charge in [-0.15, -0.1) is 0 Å². The number of hydrogen-bond donors (Lipinski definition) is 0. The lowest BCUT2D eigenvalue weighted by Crippen LogP contribution is -2.14. The summed E-state index contributed by atoms with van der Waals surface area (Å²) in [6.45, 7) is 4.61. The van der Waals surface area contributed by atoms with Crippen molar-refractivity contribution in [1.29, 1.82) is 0 Å². The highest BCUT2D eigenvalue weighted by Gasteiger charge is 2.35. The second-order valence-electron chi connectivity index (χ2n) is 16.8. The molecule has 0 unspecified atom stereocenters. The Morgan fingerprint density at radius 1 is 0.339 bits per heavy atom. The Hall–Kier alpha value is -7.95. The molecule has 4 heteroatoms. The van der Waals surface area contributed by atoms with Gasteiger partial charge in [-0.2, -0.15) is 0 Å². The van der Waals surface area contributed by atoms with Crippen LogP contribution in [0.3, 0.4) is 0 Å². The second-order valence-corrected chi connectivity index (χ2v) is 16.8. The van der Waals surface area contributed by atoms with Crippen LogP contribution in [0.25, 0.3) is 111 Å². The molecule has 0 spiro atoms. The van der Waals surface area contributed by atoms with Crippen LogP contribution in [0.15, 0.2) is 205 Å². The van der Waals surface area contributed by atoms with E-state index in [1.807, 2.05) is 0 Å². The second kappa shape index (κ2) is 14.1. The number of aromatic nitrogens is 3. The zero-order valence-electron chi connectivity index (χ0n) is 34.3. The van der Waals surface area contributed by atoms with Crippen LogP contribution < -0.4 is 0 Å². The highest BCUT2D eigenvalue weighted by atomic mass is 16.3. The fourth-order valence-electron chi connectivity index (χ4n) is 9.53. The predicted octanol–water partition coefficient (Wildman–Crippen LogP) is 15.2. The largest absolute Gasteiger partial charge is 0.456 e. The molecular weight excluding hydrogens is 755 g/mol. The van der Waals surface area contributed by atoms with Gasteiger partial charge in [0.25, 0.3) is 0 Å². The third kappa shape index (κ3) is 5.95. The zero-order valence-corrected chi connectivity index (χ0v) is 34.3. The molecule has 0 saturated heterocycles. The van der Waals surface area contributed by atoms with Gasteiger partial charge in [0.2, 0.25) is 0 Å². The molecular formula is C58H39N3O. The number of fused-ring (bicyclic) bond motifs is 7. The van der Waals surface area contributed by atoms with Gasteiger partial charge in [0.15, 0.2) is 17.5 Å². The summed E-state index contributed by atoms with van der Waals surface area (Å²) in [4.78, 5) is 15.6. The molecule has 0 aliphatic heterocycles. The molecule has 1 aliphatic rings. The highest BCUT2D eigenvalue weighted by molar-refractivity contribution is 6.13. The first-order valence-corrected chi connectivity index (χ1v) is 21.2. The van der Waals surface area contributed by atoms with Crippen molar-refractivity contribution in [3.63, 3.8) is 0 Å². The topological polar surface area (TPSA) is 51.8 Å². The molecule has 0 bridgehead atoms. The van der Waals surface area contributed by atoms with Gasteiger partial charge in [-0.05, 0) is 109 Å². The Balaban J connectivity index is 0.959. The van der Waals surface area contributed by atoms with Crippen molar-refractivity contribution in [2.24, 2.45) is 0 Å². The summed E-state index contributed by atoms with van der Waals surface area (Å²) in [5.41, 5.74) is 16.4. The maximum absolute atomic E-state index is 6.60. The summed E-state index contributed by atoms with van der Waals surface area (Å²) in [6.07, 6.45) is 0. The van der Waals surface area contributed by atoms with Gasteiger partial charge in [-0.3, -0.25) is 0 Å². The maximum atomic E-state index is 6.60. The first-order chi connectivity index (χ1) is 30.4. The number of furan rings is 1. The first kappa shape index (κ1) is 35.9. The summed E-state index contributed by atoms with van der Waals surface area (Å²) in [7, 11) is 0. The fourth-order valence-corrected chi connectivity index (χ4v) is 9.53. The Morgan fingerprint density at radius 2 is 0.887 bits per heavy atom. The van der Waals surface area contributed by atoms with Crippen molar-refractivity contribution in [3.8, 4) is 78.7 Å². The monoisotopic (exact) mass is 793 g/mol. The number of rotatable bonds is 6. The minimum Gasteiger partial charge on any atom is -0.456 e. The van der Waals surface area contributed by atoms with E-state index in [2.05, 4.69) is 214 Å². The molecule has 0 saturated carbocycles. The Kier molecular flexibility index (Phi) is 8.16. The van der Waals surface area contributed by atoms with E-state index in [1.165, 1.54) is 38.8 Å². The van der Waals surface area contributed by atoms with Crippen LogP contribution in [0.5, 0.6) is 0 Å². The van der Waals surface area contributed by atoms with Crippen LogP contribution in [0.2, 0.25) is 0 Å². The molecule has 0 atom stereocenters. The molecule has 9 aromatic carbocycles. The van der Waals surface area contributed by atoms with Gasteiger partial charge >= 0.3 is 0 Å². The molecule has 0 amide bonds. The highest BCUT2D eigenvalue weighted by Crippen LogP contribution is 2.49. The van der Waals surface area contributed by atoms with Crippen molar-refractivity contribution in [1.82, 2.24) is 15.0 Å². The summed E-state index contributed by atoms with van der Waals surface area (Å²) < 4.78 is 6.60. The lowest BCUT2D eigenvalue weighted by molar-refractivity contribution is 0.660. The van der Waals surface area contributed by atoms with Crippen LogP contribution >= 0.6 is 0 Å². The van der Waals surface area contributed by atoms with E-state index in [0.29, 0.717) is 17.5 Å². The lowest BCUT2D eigenvalue weighted by Gasteiger charge is -2.21. The van der Waals surface area contributed by atoms with Crippen LogP contribution in [0, 0.1) is 0 Å². The summed E-state index contributed by atoms with van der Waals surface area (Å²) in [5, 5.41) is 4.52. The summed E-state index contributed by atoms with van der Waals surface area (Å²) in [6, 6.07) is 70.9. The van der Waals surface area contributed by atoms with Crippen LogP contribution in [-0.4, -0.2) is 15.0 Å². The molecule has 292 valence electrons. The maximum Gasteiger partial charge on any atom is 0.164 e. The van der Waals surface area contributed by atoms with Crippen molar-refractivity contribution in [2.45, 2.75) is 19.3 Å². The van der Waals surface area contributed by atoms with Crippen LogP contribution in [-0.2, 0) is 5.41 Å². The predicted molar refractivity (Wildman–Crippen MR) is 255 cm³/mol. The quantitative estimate of drug-likeness (QED) is 0.168. The van der Waals surface area contributed by atoms with Gasteiger partial charge < -0.3 is 4.42 Å². The first-order valence-electron chi connectivity index (χ1n) is 21.2. The number of hydrogen-bond acceptors (Lipinski definition) is 4. The number of nitrogens with zero attached hydrogens (tertiary/aromatic N) is 3. The minimum absolute atomic E-state index is 0.0897. The number of benzene rings is 9. The van der Waals surface area contributed by atoms with E-state index in [0.717, 1.165) is 66.3 Å². The van der Waals surface area contributed by atoms with E-state index in [9.17, 15) is 0 Å². The summed E-state index contributed by atoms with van der Waals surface area (Å²) >= 11 is 0. The van der Waals surface area contributed by atoms with E-state index in [4.69, 9.17) is 19.4 Å². The van der Waals surface area contributed by atoms with Crippen LogP contribution in [0.1, 0.15) is 25.0 Å². The molecule has 0 N–H and O–H groups in total. The smallest absolute Gasteiger partial charge is 0.164 e.